The van der Waals surface area contributed by atoms with Gasteiger partial charge in [0.25, 0.3) is 0 Å². The molecular formula is C18H29IN4O. The molecule has 0 amide bonds. The Kier molecular flexibility index (Phi) is 13.3. The van der Waals surface area contributed by atoms with Gasteiger partial charge in [-0.1, -0.05) is 25.5 Å². The van der Waals surface area contributed by atoms with Crippen molar-refractivity contribution in [2.75, 3.05) is 19.7 Å². The minimum Gasteiger partial charge on any atom is -0.396 e. The predicted octanol–water partition coefficient (Wildman–Crippen LogP) is 3.03. The second-order valence-corrected chi connectivity index (χ2v) is 5.55. The Morgan fingerprint density at radius 3 is 2.46 bits per heavy atom. The van der Waals surface area contributed by atoms with Crippen LogP contribution in [0.25, 0.3) is 0 Å². The molecule has 1 atom stereocenters. The Morgan fingerprint density at radius 2 is 1.92 bits per heavy atom. The maximum absolute atomic E-state index is 9.13. The second kappa shape index (κ2) is 14.1. The lowest BCUT2D eigenvalue weighted by Gasteiger charge is -2.18. The normalized spacial score (nSPS) is 12.0. The van der Waals surface area contributed by atoms with Gasteiger partial charge in [0.05, 0.1) is 18.2 Å². The summed E-state index contributed by atoms with van der Waals surface area (Å²) in [6.45, 7) is 6.61. The first-order valence-electron chi connectivity index (χ1n) is 8.35. The Hall–Kier alpha value is -1.33. The molecule has 0 aliphatic heterocycles. The highest BCUT2D eigenvalue weighted by Gasteiger charge is 2.08. The standard InChI is InChI=1S/C18H28N4O.HI/c1-3-5-16(10-11-23)13-21-18(20-4-2)22-14-17-8-6-15(12-19)7-9-17;/h6-9,16,23H,3-5,10-11,13-14H2,1-2H3,(H2,20,21,22);1H. The summed E-state index contributed by atoms with van der Waals surface area (Å²) in [4.78, 5) is 4.58. The number of rotatable bonds is 9. The van der Waals surface area contributed by atoms with Crippen LogP contribution in [0.5, 0.6) is 0 Å². The number of halogens is 1. The molecule has 1 unspecified atom stereocenters. The van der Waals surface area contributed by atoms with Crippen molar-refractivity contribution in [2.24, 2.45) is 10.9 Å². The van der Waals surface area contributed by atoms with E-state index in [0.717, 1.165) is 43.9 Å². The molecular weight excluding hydrogens is 415 g/mol. The van der Waals surface area contributed by atoms with E-state index in [1.165, 1.54) is 0 Å². The lowest BCUT2D eigenvalue weighted by molar-refractivity contribution is 0.251. The van der Waals surface area contributed by atoms with Crippen LogP contribution < -0.4 is 10.6 Å². The molecule has 0 fully saturated rings. The smallest absolute Gasteiger partial charge is 0.191 e. The summed E-state index contributed by atoms with van der Waals surface area (Å²) in [5.41, 5.74) is 1.73. The van der Waals surface area contributed by atoms with Crippen molar-refractivity contribution in [1.82, 2.24) is 10.6 Å². The molecule has 0 aliphatic rings. The fraction of sp³-hybridized carbons (Fsp3) is 0.556. The summed E-state index contributed by atoms with van der Waals surface area (Å²) in [6.07, 6.45) is 3.03. The first kappa shape index (κ1) is 22.7. The second-order valence-electron chi connectivity index (χ2n) is 5.55. The van der Waals surface area contributed by atoms with Crippen LogP contribution >= 0.6 is 24.0 Å². The minimum absolute atomic E-state index is 0. The number of nitriles is 1. The first-order chi connectivity index (χ1) is 11.2. The molecule has 134 valence electrons. The molecule has 0 aromatic heterocycles. The molecule has 1 aromatic rings. The average Bonchev–Trinajstić information content (AvgIpc) is 2.58. The van der Waals surface area contributed by atoms with E-state index in [1.807, 2.05) is 31.2 Å². The third-order valence-electron chi connectivity index (χ3n) is 3.64. The molecule has 1 aromatic carbocycles. The lowest BCUT2D eigenvalue weighted by Crippen LogP contribution is -2.40. The Bertz CT molecular complexity index is 505. The topological polar surface area (TPSA) is 80.4 Å². The highest BCUT2D eigenvalue weighted by atomic mass is 127. The Balaban J connectivity index is 0.00000529. The highest BCUT2D eigenvalue weighted by molar-refractivity contribution is 14.0. The van der Waals surface area contributed by atoms with Gasteiger partial charge in [0.1, 0.15) is 0 Å². The number of nitrogens with zero attached hydrogens (tertiary/aromatic N) is 2. The largest absolute Gasteiger partial charge is 0.396 e. The predicted molar refractivity (Wildman–Crippen MR) is 109 cm³/mol. The van der Waals surface area contributed by atoms with Gasteiger partial charge in [-0.15, -0.1) is 24.0 Å². The Labute approximate surface area is 162 Å². The van der Waals surface area contributed by atoms with E-state index < -0.39 is 0 Å². The number of nitrogens with one attached hydrogen (secondary N) is 2. The number of hydrogen-bond acceptors (Lipinski definition) is 3. The van der Waals surface area contributed by atoms with Gasteiger partial charge in [-0.3, -0.25) is 0 Å². The van der Waals surface area contributed by atoms with E-state index in [2.05, 4.69) is 28.6 Å². The molecule has 1 rings (SSSR count). The summed E-state index contributed by atoms with van der Waals surface area (Å²) < 4.78 is 0. The molecule has 6 heteroatoms. The summed E-state index contributed by atoms with van der Waals surface area (Å²) in [6, 6.07) is 9.59. The molecule has 3 N–H and O–H groups in total. The van der Waals surface area contributed by atoms with Crippen molar-refractivity contribution in [3.8, 4) is 6.07 Å². The van der Waals surface area contributed by atoms with E-state index in [-0.39, 0.29) is 30.6 Å². The van der Waals surface area contributed by atoms with E-state index in [9.17, 15) is 0 Å². The van der Waals surface area contributed by atoms with Gasteiger partial charge in [-0.05, 0) is 43.4 Å². The van der Waals surface area contributed by atoms with Crippen LogP contribution in [-0.4, -0.2) is 30.8 Å². The van der Waals surface area contributed by atoms with Gasteiger partial charge in [0.2, 0.25) is 0 Å². The highest BCUT2D eigenvalue weighted by Crippen LogP contribution is 2.09. The van der Waals surface area contributed by atoms with Crippen LogP contribution in [0.2, 0.25) is 0 Å². The maximum atomic E-state index is 9.13. The molecule has 0 aliphatic carbocycles. The fourth-order valence-corrected chi connectivity index (χ4v) is 2.38. The van der Waals surface area contributed by atoms with Crippen molar-refractivity contribution in [3.63, 3.8) is 0 Å². The van der Waals surface area contributed by atoms with Crippen molar-refractivity contribution >= 4 is 29.9 Å². The quantitative estimate of drug-likeness (QED) is 0.311. The zero-order valence-electron chi connectivity index (χ0n) is 14.6. The van der Waals surface area contributed by atoms with E-state index in [1.54, 1.807) is 0 Å². The van der Waals surface area contributed by atoms with Crippen molar-refractivity contribution in [3.05, 3.63) is 35.4 Å². The molecule has 0 radical (unpaired) electrons. The van der Waals surface area contributed by atoms with E-state index >= 15 is 0 Å². The van der Waals surface area contributed by atoms with Gasteiger partial charge >= 0.3 is 0 Å². The molecule has 0 saturated carbocycles. The van der Waals surface area contributed by atoms with Gasteiger partial charge < -0.3 is 15.7 Å². The summed E-state index contributed by atoms with van der Waals surface area (Å²) in [5.74, 6) is 1.25. The zero-order chi connectivity index (χ0) is 16.9. The zero-order valence-corrected chi connectivity index (χ0v) is 16.9. The molecule has 5 nitrogen and oxygen atoms in total. The maximum Gasteiger partial charge on any atom is 0.191 e. The summed E-state index contributed by atoms with van der Waals surface area (Å²) in [5, 5.41) is 24.5. The van der Waals surface area contributed by atoms with Crippen LogP contribution in [0.4, 0.5) is 0 Å². The van der Waals surface area contributed by atoms with Crippen LogP contribution in [0.15, 0.2) is 29.3 Å². The monoisotopic (exact) mass is 444 g/mol. The Morgan fingerprint density at radius 1 is 1.21 bits per heavy atom. The molecule has 0 saturated heterocycles. The average molecular weight is 444 g/mol. The summed E-state index contributed by atoms with van der Waals surface area (Å²) >= 11 is 0. The van der Waals surface area contributed by atoms with Gasteiger partial charge in [0.15, 0.2) is 5.96 Å². The van der Waals surface area contributed by atoms with Gasteiger partial charge in [-0.2, -0.15) is 5.26 Å². The number of aliphatic hydroxyl groups excluding tert-OH is 1. The number of hydrogen-bond donors (Lipinski definition) is 3. The minimum atomic E-state index is 0. The van der Waals surface area contributed by atoms with Crippen LogP contribution in [-0.2, 0) is 6.54 Å². The lowest BCUT2D eigenvalue weighted by atomic mass is 10.0. The van der Waals surface area contributed by atoms with Crippen LogP contribution in [0.3, 0.4) is 0 Å². The SMILES string of the molecule is CCCC(CCO)CNC(=NCc1ccc(C#N)cc1)NCC.I. The van der Waals surface area contributed by atoms with Crippen molar-refractivity contribution in [2.45, 2.75) is 39.7 Å². The van der Waals surface area contributed by atoms with E-state index in [0.29, 0.717) is 18.0 Å². The molecule has 0 spiro atoms. The molecule has 0 heterocycles. The van der Waals surface area contributed by atoms with Crippen LogP contribution in [0, 0.1) is 17.2 Å². The van der Waals surface area contributed by atoms with Crippen molar-refractivity contribution < 1.29 is 5.11 Å². The molecule has 0 bridgehead atoms. The third kappa shape index (κ3) is 9.08. The third-order valence-corrected chi connectivity index (χ3v) is 3.64. The van der Waals surface area contributed by atoms with Crippen LogP contribution in [0.1, 0.15) is 44.2 Å². The van der Waals surface area contributed by atoms with Crippen molar-refractivity contribution in [1.29, 1.82) is 5.26 Å². The number of aliphatic imine (C=N–C) groups is 1. The number of aliphatic hydroxyl groups is 1. The van der Waals surface area contributed by atoms with Gasteiger partial charge in [-0.25, -0.2) is 4.99 Å². The molecule has 24 heavy (non-hydrogen) atoms. The first-order valence-corrected chi connectivity index (χ1v) is 8.35. The summed E-state index contributed by atoms with van der Waals surface area (Å²) in [7, 11) is 0. The van der Waals surface area contributed by atoms with Gasteiger partial charge in [0, 0.05) is 19.7 Å². The van der Waals surface area contributed by atoms with E-state index in [4.69, 9.17) is 10.4 Å². The number of benzene rings is 1. The fourth-order valence-electron chi connectivity index (χ4n) is 2.38. The number of guanidine groups is 1.